The van der Waals surface area contributed by atoms with Crippen molar-refractivity contribution in [2.24, 2.45) is 0 Å². The number of hydrogen-bond acceptors (Lipinski definition) is 5. The zero-order valence-electron chi connectivity index (χ0n) is 21.8. The summed E-state index contributed by atoms with van der Waals surface area (Å²) >= 11 is 0. The van der Waals surface area contributed by atoms with Crippen LogP contribution in [0.25, 0.3) is 11.1 Å². The first kappa shape index (κ1) is 25.2. The molecule has 1 aliphatic rings. The number of ether oxygens (including phenoxy) is 4. The molecule has 0 aromatic heterocycles. The average molecular weight is 510 g/mol. The Morgan fingerprint density at radius 1 is 0.816 bits per heavy atom. The fraction of sp³-hybridized carbons (Fsp3) is 0.219. The lowest BCUT2D eigenvalue weighted by molar-refractivity contribution is 0.140. The molecule has 0 spiro atoms. The monoisotopic (exact) mass is 509 g/mol. The van der Waals surface area contributed by atoms with Crippen molar-refractivity contribution in [2.45, 2.75) is 18.9 Å². The summed E-state index contributed by atoms with van der Waals surface area (Å²) in [5.41, 5.74) is 6.36. The van der Waals surface area contributed by atoms with E-state index in [-0.39, 0.29) is 12.5 Å². The van der Waals surface area contributed by atoms with E-state index in [1.54, 1.807) is 20.3 Å². The van der Waals surface area contributed by atoms with Gasteiger partial charge in [-0.3, -0.25) is 0 Å². The predicted octanol–water partition coefficient (Wildman–Crippen LogP) is 6.73. The number of benzene rings is 4. The minimum atomic E-state index is -0.512. The number of carbonyl (C=O) groups excluding carboxylic acids is 1. The van der Waals surface area contributed by atoms with Crippen LogP contribution in [0, 0.1) is 0 Å². The molecule has 0 heterocycles. The first-order valence-corrected chi connectivity index (χ1v) is 12.7. The van der Waals surface area contributed by atoms with Crippen molar-refractivity contribution < 1.29 is 23.7 Å². The number of carbonyl (C=O) groups is 1. The van der Waals surface area contributed by atoms with E-state index in [0.717, 1.165) is 16.9 Å². The Hall–Kier alpha value is -4.45. The quantitative estimate of drug-likeness (QED) is 0.271. The Morgan fingerprint density at radius 2 is 1.45 bits per heavy atom. The molecule has 1 aliphatic carbocycles. The van der Waals surface area contributed by atoms with Crippen molar-refractivity contribution in [3.63, 3.8) is 0 Å². The molecule has 6 heteroatoms. The first-order chi connectivity index (χ1) is 18.6. The number of hydrogen-bond donors (Lipinski definition) is 1. The number of fused-ring (bicyclic) bond motifs is 3. The van der Waals surface area contributed by atoms with Crippen LogP contribution in [0.2, 0.25) is 0 Å². The van der Waals surface area contributed by atoms with Gasteiger partial charge >= 0.3 is 6.09 Å². The van der Waals surface area contributed by atoms with Gasteiger partial charge in [-0.1, -0.05) is 60.7 Å². The molecule has 4 aromatic carbocycles. The van der Waals surface area contributed by atoms with E-state index >= 15 is 0 Å². The topological polar surface area (TPSA) is 66.0 Å². The summed E-state index contributed by atoms with van der Waals surface area (Å²) in [5.74, 6) is 2.00. The number of rotatable bonds is 9. The van der Waals surface area contributed by atoms with Crippen LogP contribution in [0.4, 0.5) is 4.79 Å². The van der Waals surface area contributed by atoms with Gasteiger partial charge in [0, 0.05) is 17.5 Å². The van der Waals surface area contributed by atoms with Crippen molar-refractivity contribution >= 4 is 6.09 Å². The summed E-state index contributed by atoms with van der Waals surface area (Å²) in [6, 6.07) is 29.2. The molecular weight excluding hydrogens is 478 g/mol. The molecule has 0 fully saturated rings. The normalized spacial score (nSPS) is 12.7. The second-order valence-corrected chi connectivity index (χ2v) is 9.01. The average Bonchev–Trinajstić information content (AvgIpc) is 3.29. The molecular formula is C32H31NO5. The smallest absolute Gasteiger partial charge is 0.407 e. The van der Waals surface area contributed by atoms with Crippen molar-refractivity contribution in [3.05, 3.63) is 113 Å². The SMILES string of the molecule is CCOc1ccc([C@H](NC(=O)OCC2c3ccccc3-c3ccccc32)c2ccc(OC)cc2OC)cc1. The minimum absolute atomic E-state index is 0.0207. The van der Waals surface area contributed by atoms with Crippen molar-refractivity contribution in [1.82, 2.24) is 5.32 Å². The Balaban J connectivity index is 1.39. The van der Waals surface area contributed by atoms with E-state index in [1.165, 1.54) is 22.3 Å². The van der Waals surface area contributed by atoms with Gasteiger partial charge in [-0.05, 0) is 59.0 Å². The van der Waals surface area contributed by atoms with Crippen molar-refractivity contribution in [1.29, 1.82) is 0 Å². The zero-order chi connectivity index (χ0) is 26.5. The van der Waals surface area contributed by atoms with E-state index in [2.05, 4.69) is 29.6 Å². The maximum atomic E-state index is 13.2. The molecule has 0 radical (unpaired) electrons. The molecule has 6 nitrogen and oxygen atoms in total. The number of methoxy groups -OCH3 is 2. The molecule has 1 amide bonds. The second-order valence-electron chi connectivity index (χ2n) is 9.01. The Labute approximate surface area is 223 Å². The Bertz CT molecular complexity index is 1370. The van der Waals surface area contributed by atoms with E-state index in [4.69, 9.17) is 18.9 Å². The van der Waals surface area contributed by atoms with Gasteiger partial charge in [-0.25, -0.2) is 4.79 Å². The van der Waals surface area contributed by atoms with E-state index in [9.17, 15) is 4.79 Å². The number of amides is 1. The summed E-state index contributed by atoms with van der Waals surface area (Å²) in [6.07, 6.45) is -0.511. The standard InChI is InChI=1S/C32H31NO5/c1-4-37-22-15-13-21(14-16-22)31(28-18-17-23(35-2)19-30(28)36-3)33-32(34)38-20-29-26-11-7-5-9-24(26)25-10-6-8-12-27(25)29/h5-19,29,31H,4,20H2,1-3H3,(H,33,34)/t31-/m0/s1. The summed E-state index contributed by atoms with van der Waals surface area (Å²) in [6.45, 7) is 2.75. The van der Waals surface area contributed by atoms with Gasteiger partial charge in [0.25, 0.3) is 0 Å². The highest BCUT2D eigenvalue weighted by molar-refractivity contribution is 5.79. The van der Waals surface area contributed by atoms with Crippen LogP contribution in [-0.4, -0.2) is 33.5 Å². The van der Waals surface area contributed by atoms with Gasteiger partial charge in [0.05, 0.1) is 26.9 Å². The summed E-state index contributed by atoms with van der Waals surface area (Å²) in [7, 11) is 3.20. The van der Waals surface area contributed by atoms with E-state index < -0.39 is 12.1 Å². The molecule has 0 bridgehead atoms. The third-order valence-electron chi connectivity index (χ3n) is 6.88. The molecule has 194 valence electrons. The molecule has 0 aliphatic heterocycles. The van der Waals surface area contributed by atoms with Crippen LogP contribution in [0.1, 0.15) is 41.1 Å². The fourth-order valence-corrected chi connectivity index (χ4v) is 5.08. The van der Waals surface area contributed by atoms with Crippen LogP contribution in [0.3, 0.4) is 0 Å². The lowest BCUT2D eigenvalue weighted by atomic mass is 9.97. The lowest BCUT2D eigenvalue weighted by Gasteiger charge is -2.23. The van der Waals surface area contributed by atoms with Crippen molar-refractivity contribution in [3.8, 4) is 28.4 Å². The van der Waals surface area contributed by atoms with Gasteiger partial charge < -0.3 is 24.3 Å². The Morgan fingerprint density at radius 3 is 2.05 bits per heavy atom. The summed E-state index contributed by atoms with van der Waals surface area (Å²) < 4.78 is 22.5. The van der Waals surface area contributed by atoms with Gasteiger partial charge in [0.15, 0.2) is 0 Å². The predicted molar refractivity (Wildman–Crippen MR) is 147 cm³/mol. The van der Waals surface area contributed by atoms with Crippen LogP contribution in [0.5, 0.6) is 17.2 Å². The van der Waals surface area contributed by atoms with Crippen molar-refractivity contribution in [2.75, 3.05) is 27.4 Å². The summed E-state index contributed by atoms with van der Waals surface area (Å²) in [5, 5.41) is 3.06. The highest BCUT2D eigenvalue weighted by atomic mass is 16.5. The first-order valence-electron chi connectivity index (χ1n) is 12.7. The van der Waals surface area contributed by atoms with Crippen LogP contribution in [-0.2, 0) is 4.74 Å². The minimum Gasteiger partial charge on any atom is -0.497 e. The molecule has 38 heavy (non-hydrogen) atoms. The molecule has 0 saturated heterocycles. The van der Waals surface area contributed by atoms with E-state index in [0.29, 0.717) is 18.1 Å². The van der Waals surface area contributed by atoms with Gasteiger partial charge in [0.1, 0.15) is 23.9 Å². The fourth-order valence-electron chi connectivity index (χ4n) is 5.08. The molecule has 4 aromatic rings. The van der Waals surface area contributed by atoms with Gasteiger partial charge in [-0.2, -0.15) is 0 Å². The lowest BCUT2D eigenvalue weighted by Crippen LogP contribution is -2.31. The highest BCUT2D eigenvalue weighted by Gasteiger charge is 2.30. The maximum absolute atomic E-state index is 13.2. The largest absolute Gasteiger partial charge is 0.497 e. The Kier molecular flexibility index (Phi) is 7.50. The zero-order valence-corrected chi connectivity index (χ0v) is 21.8. The van der Waals surface area contributed by atoms with Crippen LogP contribution < -0.4 is 19.5 Å². The van der Waals surface area contributed by atoms with E-state index in [1.807, 2.05) is 67.6 Å². The second kappa shape index (κ2) is 11.3. The molecule has 0 saturated carbocycles. The van der Waals surface area contributed by atoms with Crippen LogP contribution in [0.15, 0.2) is 91.0 Å². The third kappa shape index (κ3) is 5.02. The third-order valence-corrected chi connectivity index (χ3v) is 6.88. The molecule has 0 unspecified atom stereocenters. The van der Waals surface area contributed by atoms with Gasteiger partial charge in [-0.15, -0.1) is 0 Å². The maximum Gasteiger partial charge on any atom is 0.407 e. The van der Waals surface area contributed by atoms with Gasteiger partial charge in [0.2, 0.25) is 0 Å². The molecule has 1 atom stereocenters. The van der Waals surface area contributed by atoms with Crippen LogP contribution >= 0.6 is 0 Å². The summed E-state index contributed by atoms with van der Waals surface area (Å²) in [4.78, 5) is 13.2. The molecule has 1 N–H and O–H groups in total. The number of alkyl carbamates (subject to hydrolysis) is 1. The highest BCUT2D eigenvalue weighted by Crippen LogP contribution is 2.44. The number of nitrogens with one attached hydrogen (secondary N) is 1. The molecule has 5 rings (SSSR count).